The Morgan fingerprint density at radius 2 is 0.765 bits per heavy atom. The van der Waals surface area contributed by atoms with E-state index in [9.17, 15) is 43.2 Å². The fraction of sp³-hybridized carbons (Fsp3) is 1.00. The smallest absolute Gasteiger partial charge is 1.00 e. The first-order chi connectivity index (χ1) is 6.50. The van der Waals surface area contributed by atoms with Gasteiger partial charge in [-0.25, -0.2) is 27.1 Å². The Kier molecular flexibility index (Phi) is 9.43. The van der Waals surface area contributed by atoms with Gasteiger partial charge in [0.15, 0.2) is 0 Å². The zero-order valence-electron chi connectivity index (χ0n) is 9.58. The Bertz CT molecular complexity index is 389. The van der Waals surface area contributed by atoms with Gasteiger partial charge in [-0.1, -0.05) is 0 Å². The molecule has 0 aromatic carbocycles. The molecule has 0 saturated carbocycles. The average Bonchev–Trinajstić information content (AvgIpc) is 1.77. The Labute approximate surface area is 135 Å². The molecule has 17 heavy (non-hydrogen) atoms. The van der Waals surface area contributed by atoms with Crippen molar-refractivity contribution in [3.8, 4) is 0 Å². The van der Waals surface area contributed by atoms with Gasteiger partial charge in [0.05, 0.1) is 0 Å². The van der Waals surface area contributed by atoms with Crippen molar-refractivity contribution in [3.05, 3.63) is 0 Å². The van der Waals surface area contributed by atoms with Gasteiger partial charge < -0.3 is 2.85 Å². The molecule has 0 fully saturated rings. The quantitative estimate of drug-likeness (QED) is 0.390. The van der Waals surface area contributed by atoms with E-state index in [-0.39, 0.29) is 51.7 Å². The minimum absolute atomic E-state index is 0. The van der Waals surface area contributed by atoms with Gasteiger partial charge >= 0.3 is 79.9 Å². The van der Waals surface area contributed by atoms with Crippen molar-refractivity contribution in [2.45, 2.75) is 11.0 Å². The van der Waals surface area contributed by atoms with Gasteiger partial charge in [0.25, 0.3) is 0 Å². The average molecular weight is 438 g/mol. The van der Waals surface area contributed by atoms with Crippen LogP contribution in [0.25, 0.3) is 0 Å². The molecule has 0 atom stereocenters. The van der Waals surface area contributed by atoms with E-state index in [1.165, 1.54) is 0 Å². The van der Waals surface area contributed by atoms with Crippen molar-refractivity contribution in [1.29, 1.82) is 0 Å². The van der Waals surface area contributed by atoms with Crippen LogP contribution in [0, 0.1) is 0 Å². The van der Waals surface area contributed by atoms with Gasteiger partial charge in [0.1, 0.15) is 0 Å². The van der Waals surface area contributed by atoms with Gasteiger partial charge in [-0.15, -0.1) is 0 Å². The van der Waals surface area contributed by atoms with Crippen molar-refractivity contribution in [3.63, 3.8) is 0 Å². The van der Waals surface area contributed by atoms with E-state index in [2.05, 4.69) is 10.3 Å². The van der Waals surface area contributed by atoms with Crippen molar-refractivity contribution < 1.29 is 46.0 Å². The van der Waals surface area contributed by atoms with E-state index in [4.69, 9.17) is 0 Å². The molecule has 0 aliphatic rings. The molecular formula is C2H6BaF6N2O4S2. The first-order valence-corrected chi connectivity index (χ1v) is 5.77. The molecule has 4 N–H and O–H groups in total. The maximum atomic E-state index is 10.8. The topological polar surface area (TPSA) is 120 Å². The third-order valence-electron chi connectivity index (χ3n) is 0.645. The predicted octanol–water partition coefficient (Wildman–Crippen LogP) is -0.566. The molecule has 0 aliphatic carbocycles. The van der Waals surface area contributed by atoms with Crippen LogP contribution >= 0.6 is 0 Å². The number of sulfonamides is 2. The van der Waals surface area contributed by atoms with Gasteiger partial charge in [-0.05, 0) is 0 Å². The monoisotopic (exact) mass is 438 g/mol. The molecule has 104 valence electrons. The molecule has 0 aromatic heterocycles. The van der Waals surface area contributed by atoms with Crippen LogP contribution in [0.5, 0.6) is 0 Å². The molecule has 0 rings (SSSR count). The summed E-state index contributed by atoms with van der Waals surface area (Å²) >= 11 is 0. The second-order valence-corrected chi connectivity index (χ2v) is 5.09. The normalized spacial score (nSPS) is 13.2. The van der Waals surface area contributed by atoms with E-state index in [1.54, 1.807) is 0 Å². The van der Waals surface area contributed by atoms with E-state index in [1.807, 2.05) is 0 Å². The molecule has 0 heterocycles. The van der Waals surface area contributed by atoms with Crippen LogP contribution < -0.4 is 10.3 Å². The van der Waals surface area contributed by atoms with Gasteiger partial charge in [0, 0.05) is 0 Å². The summed E-state index contributed by atoms with van der Waals surface area (Å²) in [6.07, 6.45) is 0. The molecule has 0 spiro atoms. The summed E-state index contributed by atoms with van der Waals surface area (Å²) in [4.78, 5) is 0. The van der Waals surface area contributed by atoms with E-state index < -0.39 is 31.1 Å². The SMILES string of the molecule is NS(=O)(=O)C(F)(F)F.NS(=O)(=O)C(F)(F)F.[Ba+2].[H-].[H-]. The van der Waals surface area contributed by atoms with Crippen LogP contribution in [0.4, 0.5) is 26.3 Å². The predicted molar refractivity (Wildman–Crippen MR) is 46.3 cm³/mol. The standard InChI is InChI=1S/2CH2F3NO2S.Ba.2H/c2*2-1(3,4)8(5,6)7;;;/h2*(H2,5,6,7);;;/q;;+2;2*-1. The third-order valence-corrected chi connectivity index (χ3v) is 1.94. The molecule has 0 unspecified atom stereocenters. The molecule has 0 aromatic rings. The van der Waals surface area contributed by atoms with Crippen LogP contribution in [0.15, 0.2) is 0 Å². The van der Waals surface area contributed by atoms with E-state index in [0.717, 1.165) is 0 Å². The fourth-order valence-corrected chi connectivity index (χ4v) is 0. The summed E-state index contributed by atoms with van der Waals surface area (Å²) in [5.41, 5.74) is -10.6. The van der Waals surface area contributed by atoms with Crippen LogP contribution in [0.2, 0.25) is 0 Å². The number of rotatable bonds is 0. The van der Waals surface area contributed by atoms with Crippen molar-refractivity contribution >= 4 is 68.9 Å². The number of nitrogens with two attached hydrogens (primary N) is 2. The largest absolute Gasteiger partial charge is 2.00 e. The summed E-state index contributed by atoms with van der Waals surface area (Å²) in [5.74, 6) is 0. The second kappa shape index (κ2) is 6.94. The zero-order valence-corrected chi connectivity index (χ0v) is 13.7. The van der Waals surface area contributed by atoms with E-state index >= 15 is 0 Å². The Balaban J connectivity index is -0.0000000594. The van der Waals surface area contributed by atoms with E-state index in [0.29, 0.717) is 0 Å². The molecule has 0 saturated heterocycles. The van der Waals surface area contributed by atoms with Crippen LogP contribution in [-0.2, 0) is 20.0 Å². The fourth-order valence-electron chi connectivity index (χ4n) is 0. The molecular weight excluding hydrogens is 431 g/mol. The van der Waals surface area contributed by atoms with Crippen LogP contribution in [-0.4, -0.2) is 76.7 Å². The minimum Gasteiger partial charge on any atom is -1.00 e. The molecule has 6 nitrogen and oxygen atoms in total. The number of hydrogen-bond donors (Lipinski definition) is 2. The number of halogens is 6. The Morgan fingerprint density at radius 3 is 0.765 bits per heavy atom. The number of alkyl halides is 6. The van der Waals surface area contributed by atoms with Crippen molar-refractivity contribution in [1.82, 2.24) is 0 Å². The maximum Gasteiger partial charge on any atom is 2.00 e. The number of primary sulfonamides is 2. The van der Waals surface area contributed by atoms with Gasteiger partial charge in [-0.3, -0.25) is 0 Å². The van der Waals surface area contributed by atoms with Crippen LogP contribution in [0.3, 0.4) is 0 Å². The minimum atomic E-state index is -5.34. The van der Waals surface area contributed by atoms with Crippen molar-refractivity contribution in [2.24, 2.45) is 10.3 Å². The summed E-state index contributed by atoms with van der Waals surface area (Å²) in [7, 11) is -10.7. The van der Waals surface area contributed by atoms with Gasteiger partial charge in [0.2, 0.25) is 0 Å². The van der Waals surface area contributed by atoms with Gasteiger partial charge in [-0.2, -0.15) is 26.3 Å². The zero-order chi connectivity index (χ0) is 14.0. The van der Waals surface area contributed by atoms with Crippen molar-refractivity contribution in [2.75, 3.05) is 0 Å². The molecule has 0 amide bonds. The summed E-state index contributed by atoms with van der Waals surface area (Å²) in [6.45, 7) is 0. The first kappa shape index (κ1) is 23.1. The summed E-state index contributed by atoms with van der Waals surface area (Å²) in [6, 6.07) is 0. The Morgan fingerprint density at radius 1 is 0.706 bits per heavy atom. The molecule has 15 heteroatoms. The third kappa shape index (κ3) is 10.6. The Hall–Kier alpha value is 0.971. The maximum absolute atomic E-state index is 10.8. The molecule has 0 aliphatic heterocycles. The second-order valence-electron chi connectivity index (χ2n) is 1.98. The summed E-state index contributed by atoms with van der Waals surface area (Å²) < 4.78 is 102. The summed E-state index contributed by atoms with van der Waals surface area (Å²) in [5, 5.41) is 7.32. The first-order valence-electron chi connectivity index (χ1n) is 2.68. The molecule has 0 bridgehead atoms. The molecule has 0 radical (unpaired) electrons. The number of hydrogen-bond acceptors (Lipinski definition) is 4. The van der Waals surface area contributed by atoms with Crippen LogP contribution in [0.1, 0.15) is 2.85 Å².